The standard InChI is InChI=1S/C26H30N4O2/c1-29-12-14-30(15-13-29)22-8-6-19(7-9-22)26(31)28-25-18-32-17-21(25)16-20-10-11-27-24-5-3-2-4-23(20)24/h2-11,21,25H,12-18H2,1H3,(H,28,31). The van der Waals surface area contributed by atoms with Crippen molar-refractivity contribution in [1.82, 2.24) is 15.2 Å². The number of fused-ring (bicyclic) bond motifs is 1. The number of rotatable bonds is 5. The van der Waals surface area contributed by atoms with Crippen LogP contribution in [0.25, 0.3) is 10.9 Å². The van der Waals surface area contributed by atoms with E-state index < -0.39 is 0 Å². The number of benzene rings is 2. The van der Waals surface area contributed by atoms with E-state index in [4.69, 9.17) is 4.74 Å². The average molecular weight is 431 g/mol. The molecule has 3 aromatic rings. The zero-order valence-electron chi connectivity index (χ0n) is 18.5. The first-order chi connectivity index (χ1) is 15.7. The van der Waals surface area contributed by atoms with E-state index in [-0.39, 0.29) is 17.9 Å². The largest absolute Gasteiger partial charge is 0.379 e. The van der Waals surface area contributed by atoms with Crippen LogP contribution in [0.15, 0.2) is 60.8 Å². The van der Waals surface area contributed by atoms with Crippen LogP contribution < -0.4 is 10.2 Å². The van der Waals surface area contributed by atoms with Crippen LogP contribution in [0.5, 0.6) is 0 Å². The molecule has 0 saturated carbocycles. The molecule has 6 heteroatoms. The Morgan fingerprint density at radius 3 is 2.62 bits per heavy atom. The van der Waals surface area contributed by atoms with Gasteiger partial charge in [0.05, 0.1) is 24.8 Å². The van der Waals surface area contributed by atoms with Gasteiger partial charge in [-0.15, -0.1) is 0 Å². The minimum Gasteiger partial charge on any atom is -0.379 e. The highest BCUT2D eigenvalue weighted by molar-refractivity contribution is 5.94. The van der Waals surface area contributed by atoms with Gasteiger partial charge >= 0.3 is 0 Å². The van der Waals surface area contributed by atoms with Gasteiger partial charge in [0.1, 0.15) is 0 Å². The van der Waals surface area contributed by atoms with Gasteiger partial charge in [0.2, 0.25) is 0 Å². The highest BCUT2D eigenvalue weighted by Crippen LogP contribution is 2.24. The van der Waals surface area contributed by atoms with E-state index in [0.29, 0.717) is 18.8 Å². The van der Waals surface area contributed by atoms with Crippen molar-refractivity contribution in [3.8, 4) is 0 Å². The third kappa shape index (κ3) is 4.47. The summed E-state index contributed by atoms with van der Waals surface area (Å²) in [6.45, 7) is 5.39. The smallest absolute Gasteiger partial charge is 0.251 e. The number of carbonyl (C=O) groups is 1. The first kappa shape index (κ1) is 20.9. The molecular weight excluding hydrogens is 400 g/mol. The predicted molar refractivity (Wildman–Crippen MR) is 127 cm³/mol. The molecule has 1 amide bonds. The van der Waals surface area contributed by atoms with E-state index in [1.54, 1.807) is 0 Å². The van der Waals surface area contributed by atoms with Crippen molar-refractivity contribution in [2.75, 3.05) is 51.3 Å². The number of piperazine rings is 1. The number of nitrogens with one attached hydrogen (secondary N) is 1. The molecule has 2 fully saturated rings. The molecule has 2 saturated heterocycles. The lowest BCUT2D eigenvalue weighted by molar-refractivity contribution is 0.0925. The molecular formula is C26H30N4O2. The number of pyridine rings is 1. The van der Waals surface area contributed by atoms with Gasteiger partial charge < -0.3 is 19.9 Å². The molecule has 2 atom stereocenters. The molecule has 1 aromatic heterocycles. The molecule has 2 aliphatic rings. The third-order valence-electron chi connectivity index (χ3n) is 6.73. The second kappa shape index (κ2) is 9.27. The molecule has 6 nitrogen and oxygen atoms in total. The van der Waals surface area contributed by atoms with Crippen molar-refractivity contribution >= 4 is 22.5 Å². The Morgan fingerprint density at radius 1 is 1.03 bits per heavy atom. The highest BCUT2D eigenvalue weighted by Gasteiger charge is 2.30. The highest BCUT2D eigenvalue weighted by atomic mass is 16.5. The van der Waals surface area contributed by atoms with E-state index in [1.807, 2.05) is 36.5 Å². The molecule has 32 heavy (non-hydrogen) atoms. The first-order valence-corrected chi connectivity index (χ1v) is 11.4. The molecule has 0 bridgehead atoms. The summed E-state index contributed by atoms with van der Waals surface area (Å²) >= 11 is 0. The topological polar surface area (TPSA) is 57.7 Å². The molecule has 5 rings (SSSR count). The number of hydrogen-bond acceptors (Lipinski definition) is 5. The van der Waals surface area contributed by atoms with E-state index in [1.165, 1.54) is 16.6 Å². The number of para-hydroxylation sites is 1. The van der Waals surface area contributed by atoms with E-state index in [2.05, 4.69) is 51.4 Å². The van der Waals surface area contributed by atoms with Crippen LogP contribution in [-0.2, 0) is 11.2 Å². The van der Waals surface area contributed by atoms with Gasteiger partial charge in [-0.25, -0.2) is 0 Å². The molecule has 1 N–H and O–H groups in total. The Morgan fingerprint density at radius 2 is 1.81 bits per heavy atom. The number of anilines is 1. The fraction of sp³-hybridized carbons (Fsp3) is 0.385. The minimum absolute atomic E-state index is 0.00624. The number of likely N-dealkylation sites (N-methyl/N-ethyl adjacent to an activating group) is 1. The first-order valence-electron chi connectivity index (χ1n) is 11.4. The Bertz CT molecular complexity index is 1070. The van der Waals surface area contributed by atoms with Gasteiger partial charge in [0.25, 0.3) is 5.91 Å². The monoisotopic (exact) mass is 430 g/mol. The molecule has 0 radical (unpaired) electrons. The predicted octanol–water partition coefficient (Wildman–Crippen LogP) is 2.97. The van der Waals surface area contributed by atoms with Gasteiger partial charge in [-0.2, -0.15) is 0 Å². The van der Waals surface area contributed by atoms with Gasteiger partial charge in [0.15, 0.2) is 0 Å². The number of amides is 1. The summed E-state index contributed by atoms with van der Waals surface area (Å²) in [5.74, 6) is 0.212. The molecule has 0 aliphatic carbocycles. The fourth-order valence-electron chi connectivity index (χ4n) is 4.71. The lowest BCUT2D eigenvalue weighted by Gasteiger charge is -2.34. The summed E-state index contributed by atoms with van der Waals surface area (Å²) in [4.78, 5) is 22.1. The lowest BCUT2D eigenvalue weighted by Crippen LogP contribution is -2.44. The molecule has 0 spiro atoms. The van der Waals surface area contributed by atoms with Gasteiger partial charge in [0, 0.05) is 54.9 Å². The second-order valence-corrected chi connectivity index (χ2v) is 8.91. The minimum atomic E-state index is -0.0324. The normalized spacial score (nSPS) is 21.7. The zero-order chi connectivity index (χ0) is 21.9. The van der Waals surface area contributed by atoms with E-state index in [9.17, 15) is 4.79 Å². The second-order valence-electron chi connectivity index (χ2n) is 8.91. The van der Waals surface area contributed by atoms with Gasteiger partial charge in [-0.1, -0.05) is 18.2 Å². The molecule has 2 aromatic carbocycles. The summed E-state index contributed by atoms with van der Waals surface area (Å²) in [5, 5.41) is 4.39. The SMILES string of the molecule is CN1CCN(c2ccc(C(=O)NC3COCC3Cc3ccnc4ccccc34)cc2)CC1. The number of carbonyl (C=O) groups excluding carboxylic acids is 1. The third-order valence-corrected chi connectivity index (χ3v) is 6.73. The van der Waals surface area contributed by atoms with Crippen LogP contribution in [-0.4, -0.2) is 68.3 Å². The van der Waals surface area contributed by atoms with Crippen LogP contribution in [0.4, 0.5) is 5.69 Å². The summed E-state index contributed by atoms with van der Waals surface area (Å²) in [6.07, 6.45) is 2.72. The van der Waals surface area contributed by atoms with Crippen molar-refractivity contribution in [2.45, 2.75) is 12.5 Å². The molecule has 2 unspecified atom stereocenters. The van der Waals surface area contributed by atoms with Crippen molar-refractivity contribution in [2.24, 2.45) is 5.92 Å². The number of nitrogens with zero attached hydrogens (tertiary/aromatic N) is 3. The maximum atomic E-state index is 12.9. The van der Waals surface area contributed by atoms with Crippen LogP contribution in [0.3, 0.4) is 0 Å². The number of aromatic nitrogens is 1. The summed E-state index contributed by atoms with van der Waals surface area (Å²) in [5.41, 5.74) is 4.14. The maximum Gasteiger partial charge on any atom is 0.251 e. The van der Waals surface area contributed by atoms with E-state index in [0.717, 1.165) is 38.1 Å². The Labute approximate surface area is 189 Å². The summed E-state index contributed by atoms with van der Waals surface area (Å²) in [6, 6.07) is 18.3. The number of hydrogen-bond donors (Lipinski definition) is 1. The van der Waals surface area contributed by atoms with Gasteiger partial charge in [-0.05, 0) is 55.4 Å². The van der Waals surface area contributed by atoms with Crippen LogP contribution in [0.1, 0.15) is 15.9 Å². The van der Waals surface area contributed by atoms with Crippen LogP contribution in [0, 0.1) is 5.92 Å². The van der Waals surface area contributed by atoms with Crippen LogP contribution in [0.2, 0.25) is 0 Å². The average Bonchev–Trinajstić information content (AvgIpc) is 3.26. The number of ether oxygens (including phenoxy) is 1. The zero-order valence-corrected chi connectivity index (χ0v) is 18.5. The van der Waals surface area contributed by atoms with E-state index >= 15 is 0 Å². The molecule has 3 heterocycles. The summed E-state index contributed by atoms with van der Waals surface area (Å²) in [7, 11) is 2.15. The van der Waals surface area contributed by atoms with Crippen molar-refractivity contribution < 1.29 is 9.53 Å². The summed E-state index contributed by atoms with van der Waals surface area (Å²) < 4.78 is 5.76. The van der Waals surface area contributed by atoms with Crippen molar-refractivity contribution in [3.63, 3.8) is 0 Å². The Kier molecular flexibility index (Phi) is 6.06. The van der Waals surface area contributed by atoms with Crippen molar-refractivity contribution in [3.05, 3.63) is 71.9 Å². The lowest BCUT2D eigenvalue weighted by atomic mass is 9.93. The Balaban J connectivity index is 1.23. The maximum absolute atomic E-state index is 12.9. The molecule has 2 aliphatic heterocycles. The molecule has 166 valence electrons. The van der Waals surface area contributed by atoms with Crippen LogP contribution >= 0.6 is 0 Å². The Hall–Kier alpha value is -2.96. The van der Waals surface area contributed by atoms with Gasteiger partial charge in [-0.3, -0.25) is 9.78 Å². The quantitative estimate of drug-likeness (QED) is 0.675. The fourth-order valence-corrected chi connectivity index (χ4v) is 4.71. The van der Waals surface area contributed by atoms with Crippen molar-refractivity contribution in [1.29, 1.82) is 0 Å².